The lowest BCUT2D eigenvalue weighted by Crippen LogP contribution is -2.49. The van der Waals surface area contributed by atoms with Gasteiger partial charge < -0.3 is 20.5 Å². The van der Waals surface area contributed by atoms with Gasteiger partial charge in [-0.05, 0) is 24.7 Å². The summed E-state index contributed by atoms with van der Waals surface area (Å²) in [6, 6.07) is -1.28. The van der Waals surface area contributed by atoms with Crippen LogP contribution in [0.15, 0.2) is 0 Å². The molecule has 3 N–H and O–H groups in total. The van der Waals surface area contributed by atoms with Crippen molar-refractivity contribution < 1.29 is 19.4 Å². The fourth-order valence-electron chi connectivity index (χ4n) is 1.91. The van der Waals surface area contributed by atoms with Gasteiger partial charge >= 0.3 is 12.0 Å². The van der Waals surface area contributed by atoms with Crippen molar-refractivity contribution in [2.75, 3.05) is 19.8 Å². The Hall–Kier alpha value is -1.30. The molecule has 2 amide bonds. The standard InChI is InChI=1S/C12H22N2O4/c1-8(2)10(11(15)16)14-12(17)13-6-9-4-3-5-18-7-9/h8-10H,3-7H2,1-2H3,(H,15,16)(H2,13,14,17). The Kier molecular flexibility index (Phi) is 5.91. The van der Waals surface area contributed by atoms with Gasteiger partial charge in [-0.15, -0.1) is 0 Å². The zero-order chi connectivity index (χ0) is 13.5. The highest BCUT2D eigenvalue weighted by molar-refractivity contribution is 5.82. The van der Waals surface area contributed by atoms with Crippen molar-refractivity contribution in [3.05, 3.63) is 0 Å². The van der Waals surface area contributed by atoms with E-state index in [1.807, 2.05) is 0 Å². The van der Waals surface area contributed by atoms with E-state index in [4.69, 9.17) is 9.84 Å². The highest BCUT2D eigenvalue weighted by Gasteiger charge is 2.23. The first-order valence-corrected chi connectivity index (χ1v) is 6.35. The van der Waals surface area contributed by atoms with E-state index in [1.165, 1.54) is 0 Å². The molecule has 0 aromatic carbocycles. The molecule has 6 nitrogen and oxygen atoms in total. The largest absolute Gasteiger partial charge is 0.480 e. The first-order valence-electron chi connectivity index (χ1n) is 6.35. The van der Waals surface area contributed by atoms with Gasteiger partial charge in [0.2, 0.25) is 0 Å². The van der Waals surface area contributed by atoms with Crippen LogP contribution in [0.5, 0.6) is 0 Å². The maximum atomic E-state index is 11.6. The number of ether oxygens (including phenoxy) is 1. The van der Waals surface area contributed by atoms with Crippen molar-refractivity contribution in [3.63, 3.8) is 0 Å². The molecule has 2 unspecified atom stereocenters. The summed E-state index contributed by atoms with van der Waals surface area (Å²) in [5, 5.41) is 14.1. The fraction of sp³-hybridized carbons (Fsp3) is 0.833. The fourth-order valence-corrected chi connectivity index (χ4v) is 1.91. The van der Waals surface area contributed by atoms with Gasteiger partial charge in [0.25, 0.3) is 0 Å². The van der Waals surface area contributed by atoms with E-state index in [1.54, 1.807) is 13.8 Å². The Morgan fingerprint density at radius 2 is 2.17 bits per heavy atom. The lowest BCUT2D eigenvalue weighted by molar-refractivity contribution is -0.140. The first kappa shape index (κ1) is 14.8. The number of carboxylic acids is 1. The maximum absolute atomic E-state index is 11.6. The van der Waals surface area contributed by atoms with Gasteiger partial charge in [0.05, 0.1) is 6.61 Å². The topological polar surface area (TPSA) is 87.7 Å². The molecule has 0 saturated carbocycles. The molecule has 2 atom stereocenters. The second kappa shape index (κ2) is 7.20. The number of aliphatic carboxylic acids is 1. The molecule has 18 heavy (non-hydrogen) atoms. The average molecular weight is 258 g/mol. The van der Waals surface area contributed by atoms with Crippen LogP contribution in [0.4, 0.5) is 4.79 Å². The number of hydrogen-bond acceptors (Lipinski definition) is 3. The third-order valence-corrected chi connectivity index (χ3v) is 3.03. The number of rotatable bonds is 5. The molecule has 1 heterocycles. The number of nitrogens with one attached hydrogen (secondary N) is 2. The van der Waals surface area contributed by atoms with Gasteiger partial charge in [0.1, 0.15) is 6.04 Å². The van der Waals surface area contributed by atoms with E-state index in [-0.39, 0.29) is 5.92 Å². The highest BCUT2D eigenvalue weighted by atomic mass is 16.5. The summed E-state index contributed by atoms with van der Waals surface area (Å²) in [7, 11) is 0. The SMILES string of the molecule is CC(C)C(NC(=O)NCC1CCCOC1)C(=O)O. The summed E-state index contributed by atoms with van der Waals surface area (Å²) >= 11 is 0. The van der Waals surface area contributed by atoms with Crippen LogP contribution in [-0.4, -0.2) is 42.9 Å². The Labute approximate surface area is 107 Å². The molecule has 0 aromatic heterocycles. The monoisotopic (exact) mass is 258 g/mol. The van der Waals surface area contributed by atoms with E-state index >= 15 is 0 Å². The number of carboxylic acid groups (broad SMARTS) is 1. The van der Waals surface area contributed by atoms with Gasteiger partial charge in [-0.1, -0.05) is 13.8 Å². The predicted octanol–water partition coefficient (Wildman–Crippen LogP) is 0.821. The van der Waals surface area contributed by atoms with Crippen LogP contribution in [0.25, 0.3) is 0 Å². The van der Waals surface area contributed by atoms with E-state index < -0.39 is 18.0 Å². The first-order chi connectivity index (χ1) is 8.50. The molecule has 0 radical (unpaired) electrons. The van der Waals surface area contributed by atoms with Gasteiger partial charge in [0, 0.05) is 13.2 Å². The van der Waals surface area contributed by atoms with Crippen LogP contribution in [0.3, 0.4) is 0 Å². The van der Waals surface area contributed by atoms with Crippen molar-refractivity contribution in [1.29, 1.82) is 0 Å². The average Bonchev–Trinajstić information content (AvgIpc) is 2.34. The van der Waals surface area contributed by atoms with E-state index in [9.17, 15) is 9.59 Å². The minimum atomic E-state index is -1.01. The van der Waals surface area contributed by atoms with Crippen molar-refractivity contribution in [3.8, 4) is 0 Å². The summed E-state index contributed by atoms with van der Waals surface area (Å²) in [6.07, 6.45) is 2.05. The summed E-state index contributed by atoms with van der Waals surface area (Å²) in [4.78, 5) is 22.5. The summed E-state index contributed by atoms with van der Waals surface area (Å²) in [5.41, 5.74) is 0. The van der Waals surface area contributed by atoms with Crippen LogP contribution in [-0.2, 0) is 9.53 Å². The van der Waals surface area contributed by atoms with Crippen LogP contribution >= 0.6 is 0 Å². The Morgan fingerprint density at radius 1 is 1.44 bits per heavy atom. The van der Waals surface area contributed by atoms with Crippen molar-refractivity contribution >= 4 is 12.0 Å². The molecule has 6 heteroatoms. The van der Waals surface area contributed by atoms with Crippen LogP contribution in [0, 0.1) is 11.8 Å². The summed E-state index contributed by atoms with van der Waals surface area (Å²) in [6.45, 7) is 5.49. The van der Waals surface area contributed by atoms with Crippen molar-refractivity contribution in [2.24, 2.45) is 11.8 Å². The second-order valence-electron chi connectivity index (χ2n) is 5.00. The molecule has 1 rings (SSSR count). The smallest absolute Gasteiger partial charge is 0.326 e. The lowest BCUT2D eigenvalue weighted by Gasteiger charge is -2.23. The van der Waals surface area contributed by atoms with Gasteiger partial charge in [0.15, 0.2) is 0 Å². The normalized spacial score (nSPS) is 21.4. The molecular weight excluding hydrogens is 236 g/mol. The molecule has 0 aliphatic carbocycles. The van der Waals surface area contributed by atoms with Crippen molar-refractivity contribution in [1.82, 2.24) is 10.6 Å². The molecule has 1 fully saturated rings. The molecule has 104 valence electrons. The van der Waals surface area contributed by atoms with Gasteiger partial charge in [-0.2, -0.15) is 0 Å². The number of carbonyl (C=O) groups is 2. The quantitative estimate of drug-likeness (QED) is 0.681. The Balaban J connectivity index is 2.29. The molecular formula is C12H22N2O4. The number of carbonyl (C=O) groups excluding carboxylic acids is 1. The minimum Gasteiger partial charge on any atom is -0.480 e. The third-order valence-electron chi connectivity index (χ3n) is 3.03. The Bertz CT molecular complexity index is 288. The predicted molar refractivity (Wildman–Crippen MR) is 66.3 cm³/mol. The van der Waals surface area contributed by atoms with Gasteiger partial charge in [-0.25, -0.2) is 9.59 Å². The second-order valence-corrected chi connectivity index (χ2v) is 5.00. The lowest BCUT2D eigenvalue weighted by atomic mass is 10.0. The van der Waals surface area contributed by atoms with E-state index in [0.29, 0.717) is 19.1 Å². The zero-order valence-corrected chi connectivity index (χ0v) is 10.9. The molecule has 0 spiro atoms. The molecule has 1 saturated heterocycles. The van der Waals surface area contributed by atoms with Gasteiger partial charge in [-0.3, -0.25) is 0 Å². The highest BCUT2D eigenvalue weighted by Crippen LogP contribution is 2.12. The van der Waals surface area contributed by atoms with Crippen molar-refractivity contribution in [2.45, 2.75) is 32.7 Å². The van der Waals surface area contributed by atoms with E-state index in [0.717, 1.165) is 19.4 Å². The molecule has 1 aliphatic heterocycles. The number of hydrogen-bond donors (Lipinski definition) is 3. The third kappa shape index (κ3) is 4.91. The van der Waals surface area contributed by atoms with E-state index in [2.05, 4.69) is 10.6 Å². The minimum absolute atomic E-state index is 0.147. The summed E-state index contributed by atoms with van der Waals surface area (Å²) < 4.78 is 5.31. The molecule has 0 bridgehead atoms. The zero-order valence-electron chi connectivity index (χ0n) is 10.9. The molecule has 1 aliphatic rings. The summed E-state index contributed by atoms with van der Waals surface area (Å²) in [5.74, 6) is -0.834. The van der Waals surface area contributed by atoms with Crippen LogP contribution < -0.4 is 10.6 Å². The molecule has 0 aromatic rings. The number of urea groups is 1. The number of amides is 2. The maximum Gasteiger partial charge on any atom is 0.326 e. The van der Waals surface area contributed by atoms with Crippen LogP contribution in [0.1, 0.15) is 26.7 Å². The van der Waals surface area contributed by atoms with Crippen LogP contribution in [0.2, 0.25) is 0 Å². The Morgan fingerprint density at radius 3 is 2.67 bits per heavy atom.